The molecule has 2 heteroatoms. The van der Waals surface area contributed by atoms with Gasteiger partial charge in [-0.25, -0.2) is 0 Å². The molecule has 0 bridgehead atoms. The Morgan fingerprint density at radius 2 is 1.82 bits per heavy atom. The van der Waals surface area contributed by atoms with Crippen molar-refractivity contribution in [2.45, 2.75) is 19.4 Å². The Morgan fingerprint density at radius 3 is 2.53 bits per heavy atom. The zero-order valence-corrected chi connectivity index (χ0v) is 9.48. The normalized spacial score (nSPS) is 13.0. The molecular formula is C15H14O2. The fourth-order valence-corrected chi connectivity index (χ4v) is 2.43. The zero-order chi connectivity index (χ0) is 11.8. The number of phenolic OH excluding ortho intramolecular Hbond substituents is 1. The van der Waals surface area contributed by atoms with Gasteiger partial charge in [0.2, 0.25) is 0 Å². The van der Waals surface area contributed by atoms with Crippen LogP contribution in [0, 0.1) is 0 Å². The summed E-state index contributed by atoms with van der Waals surface area (Å²) in [5, 5.41) is 18.8. The number of benzene rings is 2. The van der Waals surface area contributed by atoms with Gasteiger partial charge in [0.15, 0.2) is 0 Å². The Balaban J connectivity index is 2.13. The summed E-state index contributed by atoms with van der Waals surface area (Å²) in [6.45, 7) is 0.0636. The van der Waals surface area contributed by atoms with Gasteiger partial charge in [-0.2, -0.15) is 0 Å². The van der Waals surface area contributed by atoms with Crippen molar-refractivity contribution >= 4 is 0 Å². The molecule has 0 unspecified atom stereocenters. The van der Waals surface area contributed by atoms with Crippen molar-refractivity contribution in [3.63, 3.8) is 0 Å². The van der Waals surface area contributed by atoms with E-state index in [0.717, 1.165) is 29.5 Å². The van der Waals surface area contributed by atoms with Crippen LogP contribution in [-0.2, 0) is 19.4 Å². The Labute approximate surface area is 100 Å². The summed E-state index contributed by atoms with van der Waals surface area (Å²) in [5.74, 6) is 0.410. The molecule has 86 valence electrons. The van der Waals surface area contributed by atoms with Gasteiger partial charge in [0.05, 0.1) is 6.61 Å². The van der Waals surface area contributed by atoms with Crippen molar-refractivity contribution in [3.8, 4) is 16.9 Å². The first-order chi connectivity index (χ1) is 8.29. The zero-order valence-electron chi connectivity index (χ0n) is 9.48. The fraction of sp³-hybridized carbons (Fsp3) is 0.200. The number of fused-ring (bicyclic) bond motifs is 1. The quantitative estimate of drug-likeness (QED) is 0.826. The number of hydrogen-bond donors (Lipinski definition) is 2. The first kappa shape index (κ1) is 10.4. The molecule has 0 spiro atoms. The summed E-state index contributed by atoms with van der Waals surface area (Å²) in [5.41, 5.74) is 5.55. The van der Waals surface area contributed by atoms with Gasteiger partial charge in [-0.15, -0.1) is 0 Å². The third kappa shape index (κ3) is 1.61. The minimum absolute atomic E-state index is 0.0636. The second-order valence-corrected chi connectivity index (χ2v) is 4.45. The maximum Gasteiger partial charge on any atom is 0.119 e. The predicted molar refractivity (Wildman–Crippen MR) is 66.9 cm³/mol. The van der Waals surface area contributed by atoms with E-state index in [1.54, 1.807) is 6.07 Å². The van der Waals surface area contributed by atoms with Crippen molar-refractivity contribution < 1.29 is 10.2 Å². The predicted octanol–water partition coefficient (Wildman–Crippen LogP) is 2.65. The van der Waals surface area contributed by atoms with E-state index in [1.807, 2.05) is 30.3 Å². The van der Waals surface area contributed by atoms with Crippen molar-refractivity contribution in [2.75, 3.05) is 0 Å². The Morgan fingerprint density at radius 1 is 1.00 bits per heavy atom. The summed E-state index contributed by atoms with van der Waals surface area (Å²) in [4.78, 5) is 0. The molecule has 0 amide bonds. The average Bonchev–Trinajstić information content (AvgIpc) is 2.31. The van der Waals surface area contributed by atoms with E-state index in [4.69, 9.17) is 5.11 Å². The third-order valence-corrected chi connectivity index (χ3v) is 3.45. The Hall–Kier alpha value is -1.80. The number of aromatic hydroxyl groups is 1. The molecule has 0 fully saturated rings. The van der Waals surface area contributed by atoms with Crippen molar-refractivity contribution in [2.24, 2.45) is 0 Å². The number of phenols is 1. The molecule has 0 atom stereocenters. The highest BCUT2D eigenvalue weighted by atomic mass is 16.3. The van der Waals surface area contributed by atoms with Gasteiger partial charge in [0.1, 0.15) is 5.75 Å². The first-order valence-corrected chi connectivity index (χ1v) is 5.83. The van der Waals surface area contributed by atoms with E-state index < -0.39 is 0 Å². The van der Waals surface area contributed by atoms with E-state index in [2.05, 4.69) is 0 Å². The van der Waals surface area contributed by atoms with Crippen LogP contribution in [0.5, 0.6) is 5.75 Å². The molecule has 3 rings (SSSR count). The van der Waals surface area contributed by atoms with Gasteiger partial charge >= 0.3 is 0 Å². The van der Waals surface area contributed by atoms with Gasteiger partial charge in [-0.3, -0.25) is 0 Å². The lowest BCUT2D eigenvalue weighted by molar-refractivity contribution is 0.282. The molecule has 0 saturated carbocycles. The number of hydrogen-bond acceptors (Lipinski definition) is 2. The summed E-state index contributed by atoms with van der Waals surface area (Å²) < 4.78 is 0. The monoisotopic (exact) mass is 226 g/mol. The molecule has 2 nitrogen and oxygen atoms in total. The Kier molecular flexibility index (Phi) is 2.37. The molecule has 2 aromatic rings. The van der Waals surface area contributed by atoms with Crippen molar-refractivity contribution in [3.05, 3.63) is 53.1 Å². The lowest BCUT2D eigenvalue weighted by Crippen LogP contribution is -2.10. The maximum absolute atomic E-state index is 9.68. The van der Waals surface area contributed by atoms with Crippen LogP contribution in [0.4, 0.5) is 0 Å². The van der Waals surface area contributed by atoms with Gasteiger partial charge in [-0.05, 0) is 52.8 Å². The summed E-state index contributed by atoms with van der Waals surface area (Å²) in [7, 11) is 0. The van der Waals surface area contributed by atoms with E-state index in [9.17, 15) is 5.11 Å². The van der Waals surface area contributed by atoms with Gasteiger partial charge in [-0.1, -0.05) is 24.3 Å². The third-order valence-electron chi connectivity index (χ3n) is 3.45. The molecule has 0 radical (unpaired) electrons. The SMILES string of the molecule is OCc1cccc(-c2ccc(O)c3c2CC3)c1. The lowest BCUT2D eigenvalue weighted by Gasteiger charge is -2.24. The second-order valence-electron chi connectivity index (χ2n) is 4.45. The molecular weight excluding hydrogens is 212 g/mol. The van der Waals surface area contributed by atoms with Gasteiger partial charge in [0.25, 0.3) is 0 Å². The maximum atomic E-state index is 9.68. The molecule has 0 saturated heterocycles. The summed E-state index contributed by atoms with van der Waals surface area (Å²) >= 11 is 0. The topological polar surface area (TPSA) is 40.5 Å². The van der Waals surface area contributed by atoms with Crippen LogP contribution in [0.15, 0.2) is 36.4 Å². The van der Waals surface area contributed by atoms with Crippen LogP contribution >= 0.6 is 0 Å². The molecule has 0 aromatic heterocycles. The number of aliphatic hydroxyl groups excluding tert-OH is 1. The second kappa shape index (κ2) is 3.90. The summed E-state index contributed by atoms with van der Waals surface area (Å²) in [6, 6.07) is 11.6. The van der Waals surface area contributed by atoms with Gasteiger partial charge in [0, 0.05) is 0 Å². The van der Waals surface area contributed by atoms with Crippen molar-refractivity contribution in [1.29, 1.82) is 0 Å². The standard InChI is InChI=1S/C15H14O2/c16-9-10-2-1-3-11(8-10)12-6-7-15(17)14-5-4-13(12)14/h1-3,6-8,16-17H,4-5,9H2. The molecule has 1 aliphatic rings. The molecule has 0 heterocycles. The van der Waals surface area contributed by atoms with Crippen LogP contribution in [0.25, 0.3) is 11.1 Å². The van der Waals surface area contributed by atoms with Crippen LogP contribution in [0.3, 0.4) is 0 Å². The van der Waals surface area contributed by atoms with Crippen LogP contribution < -0.4 is 0 Å². The molecule has 17 heavy (non-hydrogen) atoms. The Bertz CT molecular complexity index is 573. The van der Waals surface area contributed by atoms with E-state index in [0.29, 0.717) is 5.75 Å². The number of rotatable bonds is 2. The van der Waals surface area contributed by atoms with Crippen molar-refractivity contribution in [1.82, 2.24) is 0 Å². The largest absolute Gasteiger partial charge is 0.508 e. The summed E-state index contributed by atoms with van der Waals surface area (Å²) in [6.07, 6.45) is 2.00. The molecule has 0 aliphatic heterocycles. The smallest absolute Gasteiger partial charge is 0.119 e. The van der Waals surface area contributed by atoms with Crippen LogP contribution in [-0.4, -0.2) is 10.2 Å². The first-order valence-electron chi connectivity index (χ1n) is 5.83. The number of aliphatic hydroxyl groups is 1. The van der Waals surface area contributed by atoms with E-state index in [1.165, 1.54) is 11.1 Å². The minimum Gasteiger partial charge on any atom is -0.508 e. The molecule has 2 aromatic carbocycles. The van der Waals surface area contributed by atoms with Gasteiger partial charge < -0.3 is 10.2 Å². The minimum atomic E-state index is 0.0636. The molecule has 1 aliphatic carbocycles. The van der Waals surface area contributed by atoms with E-state index >= 15 is 0 Å². The van der Waals surface area contributed by atoms with E-state index in [-0.39, 0.29) is 6.61 Å². The highest BCUT2D eigenvalue weighted by Gasteiger charge is 2.21. The molecule has 2 N–H and O–H groups in total. The highest BCUT2D eigenvalue weighted by Crippen LogP contribution is 2.38. The fourth-order valence-electron chi connectivity index (χ4n) is 2.43. The van der Waals surface area contributed by atoms with Crippen LogP contribution in [0.1, 0.15) is 16.7 Å². The average molecular weight is 226 g/mol. The lowest BCUT2D eigenvalue weighted by atomic mass is 9.81. The van der Waals surface area contributed by atoms with Crippen LogP contribution in [0.2, 0.25) is 0 Å². The highest BCUT2D eigenvalue weighted by molar-refractivity contribution is 5.73.